The van der Waals surface area contributed by atoms with Gasteiger partial charge in [-0.1, -0.05) is 0 Å². The van der Waals surface area contributed by atoms with Gasteiger partial charge in [0.1, 0.15) is 0 Å². The topological polar surface area (TPSA) is 98.3 Å². The molecule has 7 nitrogen and oxygen atoms in total. The zero-order valence-corrected chi connectivity index (χ0v) is 8.78. The van der Waals surface area contributed by atoms with Crippen molar-refractivity contribution in [3.8, 4) is 5.69 Å². The molecule has 0 aliphatic heterocycles. The lowest BCUT2D eigenvalue weighted by Crippen LogP contribution is -2.02. The third-order valence-electron chi connectivity index (χ3n) is 2.20. The highest BCUT2D eigenvalue weighted by Gasteiger charge is 2.16. The molecule has 2 aromatic rings. The Morgan fingerprint density at radius 2 is 2.17 bits per heavy atom. The van der Waals surface area contributed by atoms with Gasteiger partial charge < -0.3 is 5.11 Å². The maximum absolute atomic E-state index is 13.1. The first-order chi connectivity index (χ1) is 8.49. The van der Waals surface area contributed by atoms with Crippen LogP contribution in [-0.4, -0.2) is 25.8 Å². The van der Waals surface area contributed by atoms with Crippen molar-refractivity contribution in [2.45, 2.75) is 0 Å². The average Bonchev–Trinajstić information content (AvgIpc) is 2.78. The van der Waals surface area contributed by atoms with E-state index in [4.69, 9.17) is 5.11 Å². The van der Waals surface area contributed by atoms with Gasteiger partial charge in [-0.05, 0) is 18.2 Å². The quantitative estimate of drug-likeness (QED) is 0.660. The number of carboxylic acids is 1. The first-order valence-electron chi connectivity index (χ1n) is 4.72. The van der Waals surface area contributed by atoms with Crippen LogP contribution in [-0.2, 0) is 0 Å². The molecular formula is C10H6FN3O4. The summed E-state index contributed by atoms with van der Waals surface area (Å²) in [5.74, 6) is -2.18. The molecular weight excluding hydrogens is 245 g/mol. The van der Waals surface area contributed by atoms with Gasteiger partial charge in [-0.3, -0.25) is 10.1 Å². The van der Waals surface area contributed by atoms with Gasteiger partial charge in [0.25, 0.3) is 0 Å². The average molecular weight is 251 g/mol. The van der Waals surface area contributed by atoms with E-state index in [0.29, 0.717) is 0 Å². The lowest BCUT2D eigenvalue weighted by Gasteiger charge is -2.01. The van der Waals surface area contributed by atoms with Crippen LogP contribution < -0.4 is 0 Å². The van der Waals surface area contributed by atoms with E-state index in [2.05, 4.69) is 5.10 Å². The van der Waals surface area contributed by atoms with Crippen LogP contribution in [0.1, 0.15) is 10.5 Å². The number of nitro benzene ring substituents is 1. The van der Waals surface area contributed by atoms with Gasteiger partial charge in [0.15, 0.2) is 5.69 Å². The van der Waals surface area contributed by atoms with Gasteiger partial charge in [0.05, 0.1) is 10.6 Å². The predicted octanol–water partition coefficient (Wildman–Crippen LogP) is 1.62. The van der Waals surface area contributed by atoms with Crippen molar-refractivity contribution in [1.82, 2.24) is 9.78 Å². The summed E-state index contributed by atoms with van der Waals surface area (Å²) in [5, 5.41) is 22.9. The molecule has 0 radical (unpaired) electrons. The van der Waals surface area contributed by atoms with E-state index in [1.165, 1.54) is 18.3 Å². The van der Waals surface area contributed by atoms with Crippen LogP contribution in [0.25, 0.3) is 5.69 Å². The molecule has 0 atom stereocenters. The van der Waals surface area contributed by atoms with E-state index >= 15 is 0 Å². The summed E-state index contributed by atoms with van der Waals surface area (Å²) in [4.78, 5) is 20.3. The van der Waals surface area contributed by atoms with Crippen LogP contribution in [0, 0.1) is 15.9 Å². The molecule has 0 aliphatic carbocycles. The Bertz CT molecular complexity index is 638. The molecule has 18 heavy (non-hydrogen) atoms. The molecule has 0 saturated heterocycles. The Morgan fingerprint density at radius 1 is 1.44 bits per heavy atom. The number of hydrogen-bond acceptors (Lipinski definition) is 4. The Hall–Kier alpha value is -2.77. The smallest absolute Gasteiger partial charge is 0.356 e. The Kier molecular flexibility index (Phi) is 2.76. The molecule has 0 amide bonds. The SMILES string of the molecule is O=C(O)c1ccn(-c2ccc(F)c([N+](=O)[O-])c2)n1. The number of nitrogens with zero attached hydrogens (tertiary/aromatic N) is 3. The van der Waals surface area contributed by atoms with E-state index in [-0.39, 0.29) is 11.4 Å². The van der Waals surface area contributed by atoms with Crippen LogP contribution in [0.3, 0.4) is 0 Å². The Labute approximate surface area is 99.2 Å². The standard InChI is InChI=1S/C10H6FN3O4/c11-7-2-1-6(5-9(7)14(17)18)13-4-3-8(12-13)10(15)16/h1-5H,(H,15,16). The second kappa shape index (κ2) is 4.24. The lowest BCUT2D eigenvalue weighted by molar-refractivity contribution is -0.387. The molecule has 92 valence electrons. The van der Waals surface area contributed by atoms with Crippen molar-refractivity contribution in [3.05, 3.63) is 52.1 Å². The molecule has 0 aliphatic rings. The van der Waals surface area contributed by atoms with Crippen molar-refractivity contribution in [2.75, 3.05) is 0 Å². The molecule has 1 aromatic heterocycles. The van der Waals surface area contributed by atoms with E-state index in [1.54, 1.807) is 0 Å². The van der Waals surface area contributed by atoms with E-state index in [9.17, 15) is 19.3 Å². The molecule has 0 saturated carbocycles. The molecule has 1 heterocycles. The minimum absolute atomic E-state index is 0.204. The number of carboxylic acid groups (broad SMARTS) is 1. The summed E-state index contributed by atoms with van der Waals surface area (Å²) in [6.07, 6.45) is 1.32. The van der Waals surface area contributed by atoms with Crippen LogP contribution >= 0.6 is 0 Å². The highest BCUT2D eigenvalue weighted by Crippen LogP contribution is 2.20. The van der Waals surface area contributed by atoms with Gasteiger partial charge in [-0.15, -0.1) is 0 Å². The zero-order valence-electron chi connectivity index (χ0n) is 8.78. The minimum atomic E-state index is -1.22. The first-order valence-corrected chi connectivity index (χ1v) is 4.72. The van der Waals surface area contributed by atoms with Gasteiger partial charge in [0, 0.05) is 12.3 Å². The molecule has 0 fully saturated rings. The van der Waals surface area contributed by atoms with Crippen LogP contribution in [0.2, 0.25) is 0 Å². The van der Waals surface area contributed by atoms with Crippen molar-refractivity contribution in [2.24, 2.45) is 0 Å². The monoisotopic (exact) mass is 251 g/mol. The van der Waals surface area contributed by atoms with Crippen molar-refractivity contribution >= 4 is 11.7 Å². The van der Waals surface area contributed by atoms with Crippen molar-refractivity contribution in [1.29, 1.82) is 0 Å². The molecule has 0 bridgehead atoms. The van der Waals surface area contributed by atoms with Crippen molar-refractivity contribution in [3.63, 3.8) is 0 Å². The number of carbonyl (C=O) groups is 1. The first kappa shape index (κ1) is 11.7. The second-order valence-electron chi connectivity index (χ2n) is 3.34. The highest BCUT2D eigenvalue weighted by atomic mass is 19.1. The summed E-state index contributed by atoms with van der Waals surface area (Å²) in [5.41, 5.74) is -0.697. The van der Waals surface area contributed by atoms with Crippen LogP contribution in [0.5, 0.6) is 0 Å². The fraction of sp³-hybridized carbons (Fsp3) is 0. The molecule has 0 unspecified atom stereocenters. The van der Waals surface area contributed by atoms with Crippen molar-refractivity contribution < 1.29 is 19.2 Å². The van der Waals surface area contributed by atoms with E-state index < -0.39 is 22.4 Å². The Morgan fingerprint density at radius 3 is 2.72 bits per heavy atom. The summed E-state index contributed by atoms with van der Waals surface area (Å²) in [6.45, 7) is 0. The van der Waals surface area contributed by atoms with Gasteiger partial charge >= 0.3 is 11.7 Å². The van der Waals surface area contributed by atoms with Gasteiger partial charge in [-0.2, -0.15) is 9.49 Å². The molecule has 1 N–H and O–H groups in total. The zero-order chi connectivity index (χ0) is 13.3. The molecule has 1 aromatic carbocycles. The fourth-order valence-corrected chi connectivity index (χ4v) is 1.37. The molecule has 2 rings (SSSR count). The number of aromatic carboxylic acids is 1. The predicted molar refractivity (Wildman–Crippen MR) is 57.1 cm³/mol. The van der Waals surface area contributed by atoms with E-state index in [1.807, 2.05) is 0 Å². The molecule has 8 heteroatoms. The number of benzene rings is 1. The van der Waals surface area contributed by atoms with Gasteiger partial charge in [-0.25, -0.2) is 9.48 Å². The number of hydrogen-bond donors (Lipinski definition) is 1. The number of halogens is 1. The second-order valence-corrected chi connectivity index (χ2v) is 3.34. The minimum Gasteiger partial charge on any atom is -0.476 e. The maximum Gasteiger partial charge on any atom is 0.356 e. The summed E-state index contributed by atoms with van der Waals surface area (Å²) in [6, 6.07) is 4.40. The maximum atomic E-state index is 13.1. The van der Waals surface area contributed by atoms with Crippen LogP contribution in [0.4, 0.5) is 10.1 Å². The fourth-order valence-electron chi connectivity index (χ4n) is 1.37. The molecule has 0 spiro atoms. The van der Waals surface area contributed by atoms with E-state index in [0.717, 1.165) is 16.8 Å². The normalized spacial score (nSPS) is 10.3. The highest BCUT2D eigenvalue weighted by molar-refractivity contribution is 5.85. The largest absolute Gasteiger partial charge is 0.476 e. The Balaban J connectivity index is 2.47. The number of aromatic nitrogens is 2. The lowest BCUT2D eigenvalue weighted by atomic mass is 10.2. The summed E-state index contributed by atoms with van der Waals surface area (Å²) in [7, 11) is 0. The van der Waals surface area contributed by atoms with Crippen LogP contribution in [0.15, 0.2) is 30.5 Å². The summed E-state index contributed by atoms with van der Waals surface area (Å²) >= 11 is 0. The summed E-state index contributed by atoms with van der Waals surface area (Å²) < 4.78 is 14.2. The van der Waals surface area contributed by atoms with Gasteiger partial charge in [0.2, 0.25) is 5.82 Å². The third-order valence-corrected chi connectivity index (χ3v) is 2.20. The third kappa shape index (κ3) is 2.03. The number of nitro groups is 1. The number of rotatable bonds is 3.